The molecule has 0 fully saturated rings. The number of ketones is 5. The van der Waals surface area contributed by atoms with Crippen molar-refractivity contribution < 1.29 is 72.6 Å². The van der Waals surface area contributed by atoms with Crippen LogP contribution >= 0.6 is 0 Å². The van der Waals surface area contributed by atoms with Gasteiger partial charge in [-0.15, -0.1) is 0 Å². The van der Waals surface area contributed by atoms with Gasteiger partial charge in [0.05, 0.1) is 106 Å². The van der Waals surface area contributed by atoms with Gasteiger partial charge in [0.1, 0.15) is 40.5 Å². The lowest BCUT2D eigenvalue weighted by molar-refractivity contribution is -0.139. The zero-order valence-corrected chi connectivity index (χ0v) is 71.3. The molecule has 9 aromatic carbocycles. The Bertz CT molecular complexity index is 6880. The van der Waals surface area contributed by atoms with Crippen LogP contribution in [-0.2, 0) is 142 Å². The van der Waals surface area contributed by atoms with Gasteiger partial charge in [-0.3, -0.25) is 47.9 Å². The molecule has 31 heteroatoms. The van der Waals surface area contributed by atoms with Crippen LogP contribution in [0.2, 0.25) is 0 Å². The Hall–Kier alpha value is -14.1. The van der Waals surface area contributed by atoms with Crippen molar-refractivity contribution in [2.45, 2.75) is 124 Å². The minimum Gasteiger partial charge on any atom is -0.496 e. The SMILES string of the molecule is COc1ccc(CC(=O)Cc2nn(C)c(=O)c3ccccc23)cc1C(F)(F)F.Cc1ccc(CC(=O)Cc2cc(C)c(=O)n(C)n2)cc1C(F)(F)F.Cc1ccc(CC(=O)Cc2nn(C)c(=O)c3ccccc23)c(C)c1.Cc1ccc(CC(=O)Cc2nn(C)c(=O)c3ccccc23)cc1C(F)(F)F.Cc1ccc(CC(=O)Cc2nn(C)c(=O)c3ccccc23)cc1F. The molecule has 0 unspecified atom stereocenters. The summed E-state index contributed by atoms with van der Waals surface area (Å²) in [5.41, 5.74) is 5.02. The Morgan fingerprint density at radius 3 is 0.921 bits per heavy atom. The molecule has 14 aromatic rings. The van der Waals surface area contributed by atoms with Gasteiger partial charge in [-0.1, -0.05) is 139 Å². The molecule has 0 saturated heterocycles. The van der Waals surface area contributed by atoms with E-state index in [0.717, 1.165) is 51.2 Å². The first-order valence-corrected chi connectivity index (χ1v) is 39.7. The molecule has 0 bridgehead atoms. The van der Waals surface area contributed by atoms with E-state index in [0.29, 0.717) is 100 Å². The van der Waals surface area contributed by atoms with Crippen molar-refractivity contribution in [1.29, 1.82) is 0 Å². The number of carbonyl (C=O) groups is 5. The molecule has 5 heterocycles. The molecule has 0 radical (unpaired) electrons. The Balaban J connectivity index is 0.000000166. The van der Waals surface area contributed by atoms with Crippen molar-refractivity contribution in [2.24, 2.45) is 35.2 Å². The van der Waals surface area contributed by atoms with E-state index < -0.39 is 35.2 Å². The van der Waals surface area contributed by atoms with Crippen molar-refractivity contribution in [3.05, 3.63) is 358 Å². The smallest absolute Gasteiger partial charge is 0.419 e. The topological polar surface area (TPSA) is 269 Å². The summed E-state index contributed by atoms with van der Waals surface area (Å²) < 4.78 is 142. The summed E-state index contributed by atoms with van der Waals surface area (Å²) >= 11 is 0. The van der Waals surface area contributed by atoms with Crippen LogP contribution in [0.3, 0.4) is 0 Å². The van der Waals surface area contributed by atoms with Crippen molar-refractivity contribution >= 4 is 72.0 Å². The summed E-state index contributed by atoms with van der Waals surface area (Å²) in [5.74, 6) is -1.44. The monoisotopic (exact) mass is 1750 g/mol. The average molecular weight is 1750 g/mol. The third kappa shape index (κ3) is 24.5. The molecule has 127 heavy (non-hydrogen) atoms. The van der Waals surface area contributed by atoms with Crippen LogP contribution in [0.25, 0.3) is 43.1 Å². The molecule has 5 aromatic heterocycles. The molecule has 0 amide bonds. The van der Waals surface area contributed by atoms with E-state index in [1.807, 2.05) is 50.2 Å². The molecule has 0 spiro atoms. The first kappa shape index (κ1) is 95.1. The highest BCUT2D eigenvalue weighted by atomic mass is 19.4. The minimum absolute atomic E-state index is 0.0375. The van der Waals surface area contributed by atoms with E-state index in [1.165, 1.54) is 103 Å². The fourth-order valence-electron chi connectivity index (χ4n) is 14.4. The number of benzene rings is 9. The summed E-state index contributed by atoms with van der Waals surface area (Å²) in [4.78, 5) is 122. The molecule has 0 aliphatic rings. The van der Waals surface area contributed by atoms with Gasteiger partial charge in [0.25, 0.3) is 27.8 Å². The molecule has 14 rings (SSSR count). The number of rotatable bonds is 21. The molecule has 0 aliphatic heterocycles. The Morgan fingerprint density at radius 1 is 0.299 bits per heavy atom. The number of Topliss-reactive ketones (excluding diaryl/α,β-unsaturated/α-hetero) is 5. The number of aryl methyl sites for hydroxylation is 11. The second-order valence-corrected chi connectivity index (χ2v) is 30.7. The van der Waals surface area contributed by atoms with Crippen LogP contribution in [-0.4, -0.2) is 84.9 Å². The lowest BCUT2D eigenvalue weighted by Crippen LogP contribution is -2.24. The zero-order chi connectivity index (χ0) is 92.8. The largest absolute Gasteiger partial charge is 0.496 e. The molecule has 21 nitrogen and oxygen atoms in total. The number of carbonyl (C=O) groups excluding carboxylic acids is 5. The van der Waals surface area contributed by atoms with E-state index >= 15 is 0 Å². The highest BCUT2D eigenvalue weighted by molar-refractivity contribution is 5.93. The predicted octanol–water partition coefficient (Wildman–Crippen LogP) is 15.3. The van der Waals surface area contributed by atoms with Gasteiger partial charge in [-0.05, 0) is 152 Å². The highest BCUT2D eigenvalue weighted by Gasteiger charge is 2.36. The normalized spacial score (nSPS) is 11.4. The van der Waals surface area contributed by atoms with Gasteiger partial charge in [0.2, 0.25) is 0 Å². The van der Waals surface area contributed by atoms with Crippen molar-refractivity contribution in [3.8, 4) is 5.75 Å². The van der Waals surface area contributed by atoms with E-state index in [9.17, 15) is 91.8 Å². The summed E-state index contributed by atoms with van der Waals surface area (Å²) in [5, 5.41) is 25.4. The number of ether oxygens (including phenoxy) is 1. The maximum Gasteiger partial charge on any atom is 0.419 e. The standard InChI is InChI=1S/C20H17F3N2O3.C20H17F3N2O2.C20H20N2O2.C19H17FN2O2.C17H17F3N2O2/c1-25-19(27)15-6-4-3-5-14(15)17(24-25)11-13(26)9-12-7-8-18(28-2)16(10-12)20(21,22)23;1-12-7-8-13(10-17(12)20(21,22)23)9-14(26)11-18-15-5-3-4-6-16(15)19(27)25(2)24-18;1-13-8-9-15(14(2)10-13)11-16(23)12-19-17-6-4-5-7-18(17)20(24)22(3)21-19;1-12-7-8-13(10-17(12)20)9-14(23)11-18-15-5-3-4-6-16(15)19(24)22(2)21-18;1-10-4-5-12(8-15(10)17(18,19)20)7-14(23)9-13-6-11(2)16(24)22(3)21-13/h3-8,10H,9,11H2,1-2H3;3-8,10H,9,11H2,1-2H3;4-10H,11-12H2,1-3H3;3-8,10H,9,11H2,1-2H3;4-6,8H,7,9H2,1-3H3. The second kappa shape index (κ2) is 40.7. The number of nitrogens with zero attached hydrogens (tertiary/aromatic N) is 10. The molecule has 0 aliphatic carbocycles. The van der Waals surface area contributed by atoms with Crippen LogP contribution < -0.4 is 32.5 Å². The number of methoxy groups -OCH3 is 1. The maximum absolute atomic E-state index is 13.6. The highest BCUT2D eigenvalue weighted by Crippen LogP contribution is 2.38. The van der Waals surface area contributed by atoms with Gasteiger partial charge in [-0.2, -0.15) is 65.0 Å². The zero-order valence-electron chi connectivity index (χ0n) is 71.3. The summed E-state index contributed by atoms with van der Waals surface area (Å²) in [6.07, 6.45) is -13.3. The first-order valence-electron chi connectivity index (χ1n) is 39.7. The summed E-state index contributed by atoms with van der Waals surface area (Å²) in [6.45, 7) is 10.1. The molecule has 0 N–H and O–H groups in total. The Kier molecular flexibility index (Phi) is 30.5. The lowest BCUT2D eigenvalue weighted by Gasteiger charge is -2.13. The van der Waals surface area contributed by atoms with Crippen LogP contribution in [0.1, 0.15) is 106 Å². The molecule has 0 atom stereocenters. The van der Waals surface area contributed by atoms with E-state index in [-0.39, 0.29) is 143 Å². The Labute approximate surface area is 720 Å². The molecule has 0 saturated carbocycles. The number of aromatic nitrogens is 10. The molecular formula is C96H88F10N10O11. The van der Waals surface area contributed by atoms with Crippen LogP contribution in [0, 0.1) is 47.4 Å². The number of halogens is 10. The predicted molar refractivity (Wildman–Crippen MR) is 462 cm³/mol. The number of hydrogen-bond donors (Lipinski definition) is 0. The lowest BCUT2D eigenvalue weighted by atomic mass is 9.98. The van der Waals surface area contributed by atoms with Gasteiger partial charge in [0, 0.05) is 94.5 Å². The van der Waals surface area contributed by atoms with Crippen LogP contribution in [0.5, 0.6) is 5.75 Å². The fourth-order valence-corrected chi connectivity index (χ4v) is 14.4. The van der Waals surface area contributed by atoms with Gasteiger partial charge >= 0.3 is 18.5 Å². The van der Waals surface area contributed by atoms with E-state index in [1.54, 1.807) is 113 Å². The van der Waals surface area contributed by atoms with Crippen LogP contribution in [0.15, 0.2) is 218 Å². The third-order valence-corrected chi connectivity index (χ3v) is 20.8. The van der Waals surface area contributed by atoms with Gasteiger partial charge < -0.3 is 4.74 Å². The fraction of sp³-hybridized carbons (Fsp3) is 0.260. The summed E-state index contributed by atoms with van der Waals surface area (Å²) in [7, 11) is 8.82. The quantitative estimate of drug-likeness (QED) is 0.0605. The minimum atomic E-state index is -4.58. The number of fused-ring (bicyclic) bond motifs is 4. The van der Waals surface area contributed by atoms with Crippen LogP contribution in [0.4, 0.5) is 43.9 Å². The molecular weight excluding hydrogens is 1660 g/mol. The number of alkyl halides is 9. The van der Waals surface area contributed by atoms with Crippen molar-refractivity contribution in [1.82, 2.24) is 48.9 Å². The third-order valence-electron chi connectivity index (χ3n) is 20.8. The molecule has 658 valence electrons. The second-order valence-electron chi connectivity index (χ2n) is 30.7. The van der Waals surface area contributed by atoms with Crippen molar-refractivity contribution in [3.63, 3.8) is 0 Å². The van der Waals surface area contributed by atoms with E-state index in [2.05, 4.69) is 31.6 Å². The Morgan fingerprint density at radius 2 is 0.598 bits per heavy atom. The average Bonchev–Trinajstić information content (AvgIpc) is 0.799. The van der Waals surface area contributed by atoms with Gasteiger partial charge in [0.15, 0.2) is 0 Å². The van der Waals surface area contributed by atoms with Crippen molar-refractivity contribution in [2.75, 3.05) is 7.11 Å². The maximum atomic E-state index is 13.6. The van der Waals surface area contributed by atoms with E-state index in [4.69, 9.17) is 4.74 Å². The first-order chi connectivity index (χ1) is 59.8. The number of hydrogen-bond acceptors (Lipinski definition) is 16. The van der Waals surface area contributed by atoms with Gasteiger partial charge in [-0.25, -0.2) is 27.8 Å². The summed E-state index contributed by atoms with van der Waals surface area (Å²) in [6, 6.07) is 51.8.